The van der Waals surface area contributed by atoms with Crippen LogP contribution in [-0.2, 0) is 0 Å². The van der Waals surface area contributed by atoms with E-state index < -0.39 is 9.76 Å². The minimum Gasteiger partial charge on any atom is -0.494 e. The van der Waals surface area contributed by atoms with Crippen LogP contribution in [-0.4, -0.2) is 21.2 Å². The molecule has 21 heavy (non-hydrogen) atoms. The van der Waals surface area contributed by atoms with Gasteiger partial charge >= 0.3 is 0 Å². The van der Waals surface area contributed by atoms with Gasteiger partial charge in [-0.15, -0.1) is 0 Å². The van der Waals surface area contributed by atoms with E-state index in [1.807, 2.05) is 0 Å². The van der Waals surface area contributed by atoms with Gasteiger partial charge < -0.3 is 9.53 Å². The van der Waals surface area contributed by atoms with E-state index in [0.29, 0.717) is 0 Å². The van der Waals surface area contributed by atoms with Crippen molar-refractivity contribution in [1.82, 2.24) is 0 Å². The Labute approximate surface area is 131 Å². The van der Waals surface area contributed by atoms with E-state index in [1.54, 1.807) is 0 Å². The molecule has 2 nitrogen and oxygen atoms in total. The number of rotatable bonds is 8. The summed E-state index contributed by atoms with van der Waals surface area (Å²) in [4.78, 5) is 8.88. The Morgan fingerprint density at radius 3 is 2.48 bits per heavy atom. The van der Waals surface area contributed by atoms with Gasteiger partial charge in [-0.25, -0.2) is 0 Å². The van der Waals surface area contributed by atoms with Crippen LogP contribution >= 0.6 is 0 Å². The lowest BCUT2D eigenvalue weighted by atomic mass is 9.77. The van der Waals surface area contributed by atoms with Gasteiger partial charge in [-0.05, 0) is 67.7 Å². The van der Waals surface area contributed by atoms with E-state index in [2.05, 4.69) is 31.2 Å². The first-order chi connectivity index (χ1) is 10.3. The van der Waals surface area contributed by atoms with E-state index in [1.165, 1.54) is 44.1 Å². The quantitative estimate of drug-likeness (QED) is 0.580. The predicted octanol–water partition coefficient (Wildman–Crippen LogP) is 4.02. The zero-order valence-corrected chi connectivity index (χ0v) is 14.8. The number of ether oxygens (including phenoxy) is 1. The molecule has 0 aromatic heterocycles. The molecule has 1 N–H and O–H groups in total. The summed E-state index contributed by atoms with van der Waals surface area (Å²) in [5.74, 6) is 2.70. The van der Waals surface area contributed by atoms with Crippen LogP contribution in [0.25, 0.3) is 0 Å². The smallest absolute Gasteiger partial charge is 0.156 e. The van der Waals surface area contributed by atoms with Gasteiger partial charge in [0.2, 0.25) is 0 Å². The number of hydrogen-bond acceptors (Lipinski definition) is 2. The third kappa shape index (κ3) is 5.48. The average Bonchev–Trinajstić information content (AvgIpc) is 2.53. The van der Waals surface area contributed by atoms with Crippen LogP contribution in [0.1, 0.15) is 63.4 Å². The van der Waals surface area contributed by atoms with Crippen molar-refractivity contribution in [2.45, 2.75) is 63.8 Å². The molecule has 118 valence electrons. The van der Waals surface area contributed by atoms with Gasteiger partial charge in [0.1, 0.15) is 5.75 Å². The van der Waals surface area contributed by atoms with Crippen LogP contribution in [0.2, 0.25) is 6.04 Å². The molecule has 0 spiro atoms. The highest BCUT2D eigenvalue weighted by Crippen LogP contribution is 2.37. The molecule has 1 aromatic carbocycles. The zero-order valence-electron chi connectivity index (χ0n) is 13.4. The maximum absolute atomic E-state index is 8.88. The highest BCUT2D eigenvalue weighted by atomic mass is 28.2. The van der Waals surface area contributed by atoms with Crippen molar-refractivity contribution in [3.8, 4) is 5.75 Å². The van der Waals surface area contributed by atoms with Crippen LogP contribution in [0.15, 0.2) is 24.3 Å². The first-order valence-corrected chi connectivity index (χ1v) is 10.3. The standard InChI is InChI=1S/C18H30O2Si/c1-2-4-15-5-7-16(8-6-15)17-9-11-18(12-10-17)20-13-3-14-21-19/h9-12,15-16,19H,2-8,13-14,21H2,1H3/t15-,16-. The lowest BCUT2D eigenvalue weighted by Gasteiger charge is -2.28. The molecule has 0 radical (unpaired) electrons. The normalized spacial score (nSPS) is 22.8. The third-order valence-electron chi connectivity index (χ3n) is 4.72. The Balaban J connectivity index is 1.77. The van der Waals surface area contributed by atoms with E-state index in [-0.39, 0.29) is 0 Å². The largest absolute Gasteiger partial charge is 0.494 e. The van der Waals surface area contributed by atoms with Crippen molar-refractivity contribution < 1.29 is 9.53 Å². The molecule has 0 amide bonds. The van der Waals surface area contributed by atoms with Crippen molar-refractivity contribution in [2.75, 3.05) is 6.61 Å². The molecule has 2 rings (SSSR count). The van der Waals surface area contributed by atoms with Crippen molar-refractivity contribution in [3.05, 3.63) is 29.8 Å². The fraction of sp³-hybridized carbons (Fsp3) is 0.667. The molecule has 0 aliphatic heterocycles. The van der Waals surface area contributed by atoms with Gasteiger partial charge in [0.25, 0.3) is 0 Å². The van der Waals surface area contributed by atoms with Gasteiger partial charge in [-0.3, -0.25) is 0 Å². The maximum atomic E-state index is 8.88. The molecule has 1 aromatic rings. The van der Waals surface area contributed by atoms with Crippen molar-refractivity contribution in [2.24, 2.45) is 5.92 Å². The first kappa shape index (κ1) is 16.6. The summed E-state index contributed by atoms with van der Waals surface area (Å²) in [6.07, 6.45) is 9.24. The SMILES string of the molecule is CCC[C@H]1CC[C@H](c2ccc(OCCC[SiH2]O)cc2)CC1. The summed E-state index contributed by atoms with van der Waals surface area (Å²) < 4.78 is 5.71. The first-order valence-electron chi connectivity index (χ1n) is 8.67. The summed E-state index contributed by atoms with van der Waals surface area (Å²) in [7, 11) is -0.795. The second-order valence-corrected chi connectivity index (χ2v) is 7.51. The Bertz CT molecular complexity index is 383. The predicted molar refractivity (Wildman–Crippen MR) is 91.7 cm³/mol. The highest BCUT2D eigenvalue weighted by Gasteiger charge is 2.21. The highest BCUT2D eigenvalue weighted by molar-refractivity contribution is 6.25. The fourth-order valence-electron chi connectivity index (χ4n) is 3.43. The Kier molecular flexibility index (Phi) is 7.31. The van der Waals surface area contributed by atoms with Gasteiger partial charge in [-0.1, -0.05) is 31.9 Å². The molecule has 0 bridgehead atoms. The van der Waals surface area contributed by atoms with Crippen molar-refractivity contribution >= 4 is 9.76 Å². The third-order valence-corrected chi connectivity index (χ3v) is 5.53. The summed E-state index contributed by atoms with van der Waals surface area (Å²) in [5.41, 5.74) is 1.49. The van der Waals surface area contributed by atoms with Crippen molar-refractivity contribution in [1.29, 1.82) is 0 Å². The van der Waals surface area contributed by atoms with Gasteiger partial charge in [-0.2, -0.15) is 0 Å². The molecule has 0 atom stereocenters. The van der Waals surface area contributed by atoms with E-state index in [9.17, 15) is 0 Å². The molecule has 1 saturated carbocycles. The van der Waals surface area contributed by atoms with E-state index in [4.69, 9.17) is 9.53 Å². The second-order valence-electron chi connectivity index (χ2n) is 6.35. The minimum atomic E-state index is -0.795. The molecule has 1 fully saturated rings. The monoisotopic (exact) mass is 306 g/mol. The molecule has 1 aliphatic carbocycles. The lowest BCUT2D eigenvalue weighted by molar-refractivity contribution is 0.306. The number of hydrogen-bond donors (Lipinski definition) is 1. The summed E-state index contributed by atoms with van der Waals surface area (Å²) in [6, 6.07) is 9.69. The summed E-state index contributed by atoms with van der Waals surface area (Å²) in [5, 5.41) is 0. The van der Waals surface area contributed by atoms with Crippen LogP contribution in [0.4, 0.5) is 0 Å². The lowest BCUT2D eigenvalue weighted by Crippen LogP contribution is -2.13. The second kappa shape index (κ2) is 9.26. The van der Waals surface area contributed by atoms with E-state index in [0.717, 1.165) is 36.7 Å². The Morgan fingerprint density at radius 1 is 1.14 bits per heavy atom. The van der Waals surface area contributed by atoms with Gasteiger partial charge in [0, 0.05) is 0 Å². The topological polar surface area (TPSA) is 29.5 Å². The van der Waals surface area contributed by atoms with Crippen LogP contribution in [0.5, 0.6) is 5.75 Å². The number of benzene rings is 1. The fourth-order valence-corrected chi connectivity index (χ4v) is 3.86. The van der Waals surface area contributed by atoms with Crippen LogP contribution in [0.3, 0.4) is 0 Å². The zero-order chi connectivity index (χ0) is 14.9. The van der Waals surface area contributed by atoms with Gasteiger partial charge in [0.05, 0.1) is 6.61 Å². The molecular weight excluding hydrogens is 276 g/mol. The molecular formula is C18H30O2Si. The van der Waals surface area contributed by atoms with Crippen LogP contribution in [0, 0.1) is 5.92 Å². The summed E-state index contributed by atoms with van der Waals surface area (Å²) >= 11 is 0. The molecule has 0 saturated heterocycles. The maximum Gasteiger partial charge on any atom is 0.156 e. The molecule has 3 heteroatoms. The Hall–Kier alpha value is -0.803. The Morgan fingerprint density at radius 2 is 1.86 bits per heavy atom. The van der Waals surface area contributed by atoms with Gasteiger partial charge in [0.15, 0.2) is 9.76 Å². The molecule has 0 unspecified atom stereocenters. The van der Waals surface area contributed by atoms with E-state index >= 15 is 0 Å². The summed E-state index contributed by atoms with van der Waals surface area (Å²) in [6.45, 7) is 3.03. The van der Waals surface area contributed by atoms with Crippen molar-refractivity contribution in [3.63, 3.8) is 0 Å². The molecule has 1 aliphatic rings. The molecule has 0 heterocycles. The minimum absolute atomic E-state index is 0.731. The average molecular weight is 307 g/mol. The van der Waals surface area contributed by atoms with Crippen LogP contribution < -0.4 is 4.74 Å².